The molecular weight excluding hydrogens is 290 g/mol. The van der Waals surface area contributed by atoms with Gasteiger partial charge < -0.3 is 10.1 Å². The van der Waals surface area contributed by atoms with Crippen LogP contribution in [0.25, 0.3) is 10.8 Å². The predicted molar refractivity (Wildman–Crippen MR) is 90.6 cm³/mol. The van der Waals surface area contributed by atoms with Crippen molar-refractivity contribution in [1.82, 2.24) is 20.2 Å². The largest absolute Gasteiger partial charge is 0.496 e. The number of nitrogens with zero attached hydrogens (tertiary/aromatic N) is 4. The van der Waals surface area contributed by atoms with Gasteiger partial charge in [0.2, 0.25) is 5.95 Å². The number of tetrazole rings is 1. The summed E-state index contributed by atoms with van der Waals surface area (Å²) in [4.78, 5) is 0. The number of hydrogen-bond donors (Lipinski definition) is 1. The van der Waals surface area contributed by atoms with Gasteiger partial charge in [-0.25, -0.2) is 4.68 Å². The molecule has 1 N–H and O–H groups in total. The Morgan fingerprint density at radius 1 is 1.17 bits per heavy atom. The minimum Gasteiger partial charge on any atom is -0.496 e. The quantitative estimate of drug-likeness (QED) is 0.725. The second-order valence-electron chi connectivity index (χ2n) is 5.40. The fourth-order valence-corrected chi connectivity index (χ4v) is 2.65. The molecular formula is C17H21N5O. The van der Waals surface area contributed by atoms with Crippen molar-refractivity contribution in [3.8, 4) is 5.75 Å². The lowest BCUT2D eigenvalue weighted by Gasteiger charge is -2.13. The molecule has 0 radical (unpaired) electrons. The van der Waals surface area contributed by atoms with Gasteiger partial charge in [-0.1, -0.05) is 48.8 Å². The summed E-state index contributed by atoms with van der Waals surface area (Å²) in [5.41, 5.74) is 1.11. The molecule has 6 nitrogen and oxygen atoms in total. The highest BCUT2D eigenvalue weighted by molar-refractivity contribution is 5.87. The Morgan fingerprint density at radius 3 is 2.87 bits per heavy atom. The van der Waals surface area contributed by atoms with Gasteiger partial charge in [-0.05, 0) is 33.7 Å². The third kappa shape index (κ3) is 3.26. The lowest BCUT2D eigenvalue weighted by Crippen LogP contribution is -2.10. The number of anilines is 1. The number of methoxy groups -OCH3 is 1. The molecule has 3 rings (SSSR count). The van der Waals surface area contributed by atoms with Crippen molar-refractivity contribution in [2.45, 2.75) is 32.9 Å². The van der Waals surface area contributed by atoms with Gasteiger partial charge in [-0.3, -0.25) is 0 Å². The van der Waals surface area contributed by atoms with Gasteiger partial charge in [0, 0.05) is 18.7 Å². The molecule has 120 valence electrons. The summed E-state index contributed by atoms with van der Waals surface area (Å²) in [6.07, 6.45) is 2.16. The lowest BCUT2D eigenvalue weighted by atomic mass is 10.0. The fraction of sp³-hybridized carbons (Fsp3) is 0.353. The molecule has 0 saturated heterocycles. The van der Waals surface area contributed by atoms with Gasteiger partial charge in [0.25, 0.3) is 0 Å². The normalized spacial score (nSPS) is 10.9. The van der Waals surface area contributed by atoms with Crippen molar-refractivity contribution >= 4 is 16.7 Å². The Labute approximate surface area is 135 Å². The van der Waals surface area contributed by atoms with E-state index in [1.807, 2.05) is 18.2 Å². The van der Waals surface area contributed by atoms with E-state index in [9.17, 15) is 0 Å². The summed E-state index contributed by atoms with van der Waals surface area (Å²) in [6.45, 7) is 3.58. The van der Waals surface area contributed by atoms with E-state index in [4.69, 9.17) is 4.74 Å². The SMILES string of the molecule is CCCCn1nnnc1NCc1c(OC)ccc2ccccc12. The van der Waals surface area contributed by atoms with Crippen molar-refractivity contribution in [1.29, 1.82) is 0 Å². The topological polar surface area (TPSA) is 64.9 Å². The molecule has 0 saturated carbocycles. The Balaban J connectivity index is 1.85. The van der Waals surface area contributed by atoms with Gasteiger partial charge in [0.05, 0.1) is 7.11 Å². The van der Waals surface area contributed by atoms with Crippen molar-refractivity contribution in [3.63, 3.8) is 0 Å². The van der Waals surface area contributed by atoms with Crippen LogP contribution in [0.2, 0.25) is 0 Å². The molecule has 0 aliphatic carbocycles. The van der Waals surface area contributed by atoms with Crippen LogP contribution in [-0.2, 0) is 13.1 Å². The molecule has 2 aromatic carbocycles. The maximum Gasteiger partial charge on any atom is 0.243 e. The van der Waals surface area contributed by atoms with E-state index in [0.717, 1.165) is 30.7 Å². The van der Waals surface area contributed by atoms with E-state index in [0.29, 0.717) is 12.5 Å². The predicted octanol–water partition coefficient (Wildman–Crippen LogP) is 3.25. The van der Waals surface area contributed by atoms with Gasteiger partial charge in [0.15, 0.2) is 0 Å². The highest BCUT2D eigenvalue weighted by atomic mass is 16.5. The summed E-state index contributed by atoms with van der Waals surface area (Å²) in [5.74, 6) is 1.55. The van der Waals surface area contributed by atoms with E-state index in [-0.39, 0.29) is 0 Å². The van der Waals surface area contributed by atoms with Crippen LogP contribution in [0.1, 0.15) is 25.3 Å². The number of aryl methyl sites for hydroxylation is 1. The van der Waals surface area contributed by atoms with Crippen molar-refractivity contribution < 1.29 is 4.74 Å². The molecule has 0 amide bonds. The Morgan fingerprint density at radius 2 is 2.04 bits per heavy atom. The molecule has 0 aliphatic heterocycles. The molecule has 1 aromatic heterocycles. The zero-order chi connectivity index (χ0) is 16.1. The van der Waals surface area contributed by atoms with Crippen LogP contribution < -0.4 is 10.1 Å². The average Bonchev–Trinajstić information content (AvgIpc) is 3.05. The van der Waals surface area contributed by atoms with Crippen LogP contribution in [-0.4, -0.2) is 27.3 Å². The first-order chi connectivity index (χ1) is 11.3. The minimum absolute atomic E-state index is 0.608. The van der Waals surface area contributed by atoms with Crippen molar-refractivity contribution in [2.24, 2.45) is 0 Å². The molecule has 0 atom stereocenters. The zero-order valence-electron chi connectivity index (χ0n) is 13.5. The third-order valence-electron chi connectivity index (χ3n) is 3.90. The van der Waals surface area contributed by atoms with Gasteiger partial charge in [-0.2, -0.15) is 0 Å². The molecule has 6 heteroatoms. The first kappa shape index (κ1) is 15.3. The van der Waals surface area contributed by atoms with Crippen LogP contribution in [0.3, 0.4) is 0 Å². The molecule has 0 spiro atoms. The van der Waals surface area contributed by atoms with E-state index >= 15 is 0 Å². The standard InChI is InChI=1S/C17H21N5O/c1-3-4-11-22-17(19-20-21-22)18-12-15-14-8-6-5-7-13(14)9-10-16(15)23-2/h5-10H,3-4,11-12H2,1-2H3,(H,18,19,21). The molecule has 0 aliphatic rings. The zero-order valence-corrected chi connectivity index (χ0v) is 13.5. The third-order valence-corrected chi connectivity index (χ3v) is 3.90. The fourth-order valence-electron chi connectivity index (χ4n) is 2.65. The first-order valence-corrected chi connectivity index (χ1v) is 7.88. The molecule has 23 heavy (non-hydrogen) atoms. The van der Waals surface area contributed by atoms with Gasteiger partial charge in [-0.15, -0.1) is 0 Å². The summed E-state index contributed by atoms with van der Waals surface area (Å²) in [7, 11) is 1.69. The van der Waals surface area contributed by atoms with Crippen LogP contribution in [0.15, 0.2) is 36.4 Å². The number of rotatable bonds is 7. The summed E-state index contributed by atoms with van der Waals surface area (Å²) < 4.78 is 7.33. The molecule has 1 heterocycles. The maximum absolute atomic E-state index is 5.52. The summed E-state index contributed by atoms with van der Waals surface area (Å²) >= 11 is 0. The van der Waals surface area contributed by atoms with E-state index in [1.54, 1.807) is 11.8 Å². The monoisotopic (exact) mass is 311 g/mol. The summed E-state index contributed by atoms with van der Waals surface area (Å²) in [5, 5.41) is 17.6. The second kappa shape index (κ2) is 7.09. The number of nitrogens with one attached hydrogen (secondary N) is 1. The Hall–Kier alpha value is -2.63. The number of ether oxygens (including phenoxy) is 1. The highest BCUT2D eigenvalue weighted by Crippen LogP contribution is 2.28. The molecule has 0 bridgehead atoms. The Kier molecular flexibility index (Phi) is 4.71. The van der Waals surface area contributed by atoms with Crippen LogP contribution in [0.5, 0.6) is 5.75 Å². The average molecular weight is 311 g/mol. The number of fused-ring (bicyclic) bond motifs is 1. The van der Waals surface area contributed by atoms with Crippen LogP contribution >= 0.6 is 0 Å². The highest BCUT2D eigenvalue weighted by Gasteiger charge is 2.10. The minimum atomic E-state index is 0.608. The van der Waals surface area contributed by atoms with Gasteiger partial charge in [0.1, 0.15) is 5.75 Å². The maximum atomic E-state index is 5.52. The van der Waals surface area contributed by atoms with E-state index in [1.165, 1.54) is 10.8 Å². The smallest absolute Gasteiger partial charge is 0.243 e. The number of hydrogen-bond acceptors (Lipinski definition) is 5. The van der Waals surface area contributed by atoms with Crippen molar-refractivity contribution in [2.75, 3.05) is 12.4 Å². The number of unbranched alkanes of at least 4 members (excludes halogenated alkanes) is 1. The van der Waals surface area contributed by atoms with Gasteiger partial charge >= 0.3 is 0 Å². The van der Waals surface area contributed by atoms with Crippen molar-refractivity contribution in [3.05, 3.63) is 42.0 Å². The van der Waals surface area contributed by atoms with E-state index < -0.39 is 0 Å². The number of aromatic nitrogens is 4. The second-order valence-corrected chi connectivity index (χ2v) is 5.40. The number of benzene rings is 2. The van der Waals surface area contributed by atoms with Crippen LogP contribution in [0, 0.1) is 0 Å². The Bertz CT molecular complexity index is 784. The molecule has 0 fully saturated rings. The van der Waals surface area contributed by atoms with E-state index in [2.05, 4.69) is 46.0 Å². The lowest BCUT2D eigenvalue weighted by molar-refractivity contribution is 0.411. The van der Waals surface area contributed by atoms with Crippen LogP contribution in [0.4, 0.5) is 5.95 Å². The molecule has 0 unspecified atom stereocenters. The summed E-state index contributed by atoms with van der Waals surface area (Å²) in [6, 6.07) is 12.4. The molecule has 3 aromatic rings. The first-order valence-electron chi connectivity index (χ1n) is 7.88.